The van der Waals surface area contributed by atoms with Crippen molar-refractivity contribution in [1.29, 1.82) is 0 Å². The predicted molar refractivity (Wildman–Crippen MR) is 95.7 cm³/mol. The minimum Gasteiger partial charge on any atom is -0.464 e. The maximum Gasteiger partial charge on any atom is 0.360 e. The molecular formula is C17H30N2O5S. The van der Waals surface area contributed by atoms with Crippen LogP contribution in [0.1, 0.15) is 75.2 Å². The van der Waals surface area contributed by atoms with Crippen LogP contribution in [-0.4, -0.2) is 43.1 Å². The van der Waals surface area contributed by atoms with E-state index in [4.69, 9.17) is 4.42 Å². The summed E-state index contributed by atoms with van der Waals surface area (Å²) >= 11 is 0. The van der Waals surface area contributed by atoms with Gasteiger partial charge in [-0.1, -0.05) is 46.0 Å². The molecule has 1 aromatic rings. The molecule has 0 aliphatic rings. The highest BCUT2D eigenvalue weighted by atomic mass is 32.2. The predicted octanol–water partition coefficient (Wildman–Crippen LogP) is 3.36. The molecule has 0 spiro atoms. The van der Waals surface area contributed by atoms with Gasteiger partial charge in [-0.25, -0.2) is 18.2 Å². The first-order valence-corrected chi connectivity index (χ1v) is 10.6. The molecule has 0 radical (unpaired) electrons. The van der Waals surface area contributed by atoms with Crippen LogP contribution in [-0.2, 0) is 21.3 Å². The van der Waals surface area contributed by atoms with Crippen LogP contribution in [0.5, 0.6) is 0 Å². The third-order valence-electron chi connectivity index (χ3n) is 3.88. The van der Waals surface area contributed by atoms with Crippen LogP contribution >= 0.6 is 0 Å². The molecule has 7 nitrogen and oxygen atoms in total. The monoisotopic (exact) mass is 374 g/mol. The number of nitrogens with zero attached hydrogens (tertiary/aromatic N) is 2. The molecule has 0 saturated heterocycles. The Morgan fingerprint density at radius 2 is 1.84 bits per heavy atom. The molecule has 8 heteroatoms. The lowest BCUT2D eigenvalue weighted by atomic mass is 10.1. The van der Waals surface area contributed by atoms with E-state index in [1.807, 2.05) is 6.92 Å². The van der Waals surface area contributed by atoms with Crippen LogP contribution in [0.2, 0.25) is 0 Å². The van der Waals surface area contributed by atoms with Gasteiger partial charge >= 0.3 is 5.97 Å². The number of methoxy groups -OCH3 is 1. The minimum atomic E-state index is -3.37. The summed E-state index contributed by atoms with van der Waals surface area (Å²) in [6.07, 6.45) is 8.05. The summed E-state index contributed by atoms with van der Waals surface area (Å²) in [6.45, 7) is 4.50. The van der Waals surface area contributed by atoms with Gasteiger partial charge in [-0.15, -0.1) is 0 Å². The topological polar surface area (TPSA) is 89.7 Å². The Morgan fingerprint density at radius 3 is 2.48 bits per heavy atom. The van der Waals surface area contributed by atoms with Crippen LogP contribution in [0.4, 0.5) is 0 Å². The highest BCUT2D eigenvalue weighted by Gasteiger charge is 2.24. The second-order valence-electron chi connectivity index (χ2n) is 6.04. The van der Waals surface area contributed by atoms with Gasteiger partial charge in [0.15, 0.2) is 5.69 Å². The molecule has 0 aromatic carbocycles. The number of sulfonamides is 1. The SMILES string of the molecule is CCCCCCCCS(=O)(=O)N(CCC)Cc1nc(C(=O)OC)co1. The first-order valence-electron chi connectivity index (χ1n) is 8.95. The molecule has 0 aliphatic heterocycles. The summed E-state index contributed by atoms with van der Waals surface area (Å²) in [5.41, 5.74) is 0.0438. The van der Waals surface area contributed by atoms with E-state index in [0.29, 0.717) is 19.4 Å². The molecule has 0 aliphatic carbocycles. The first kappa shape index (κ1) is 21.6. The van der Waals surface area contributed by atoms with E-state index < -0.39 is 16.0 Å². The highest BCUT2D eigenvalue weighted by molar-refractivity contribution is 7.89. The van der Waals surface area contributed by atoms with Gasteiger partial charge in [-0.2, -0.15) is 4.31 Å². The Bertz CT molecular complexity index is 612. The molecule has 1 rings (SSSR count). The van der Waals surface area contributed by atoms with E-state index in [0.717, 1.165) is 19.3 Å². The molecule has 0 bridgehead atoms. The first-order chi connectivity index (χ1) is 11.9. The van der Waals surface area contributed by atoms with Crippen molar-refractivity contribution in [1.82, 2.24) is 9.29 Å². The molecule has 0 unspecified atom stereocenters. The Kier molecular flexibility index (Phi) is 9.74. The molecule has 1 heterocycles. The number of aromatic nitrogens is 1. The number of carbonyl (C=O) groups is 1. The molecule has 0 atom stereocenters. The largest absolute Gasteiger partial charge is 0.464 e. The number of unbranched alkanes of at least 4 members (excludes halogenated alkanes) is 5. The summed E-state index contributed by atoms with van der Waals surface area (Å²) in [4.78, 5) is 15.4. The van der Waals surface area contributed by atoms with E-state index in [1.165, 1.54) is 30.5 Å². The average Bonchev–Trinajstić information content (AvgIpc) is 3.05. The fourth-order valence-corrected chi connectivity index (χ4v) is 4.09. The van der Waals surface area contributed by atoms with Crippen molar-refractivity contribution in [2.45, 2.75) is 65.3 Å². The Balaban J connectivity index is 2.61. The lowest BCUT2D eigenvalue weighted by Crippen LogP contribution is -2.33. The van der Waals surface area contributed by atoms with Gasteiger partial charge in [0, 0.05) is 6.54 Å². The number of rotatable bonds is 13. The van der Waals surface area contributed by atoms with Gasteiger partial charge in [-0.3, -0.25) is 0 Å². The fourth-order valence-electron chi connectivity index (χ4n) is 2.49. The maximum absolute atomic E-state index is 12.6. The zero-order valence-corrected chi connectivity index (χ0v) is 16.3. The summed E-state index contributed by atoms with van der Waals surface area (Å²) < 4.78 is 36.3. The summed E-state index contributed by atoms with van der Waals surface area (Å²) in [7, 11) is -2.12. The zero-order chi connectivity index (χ0) is 18.7. The summed E-state index contributed by atoms with van der Waals surface area (Å²) in [5, 5.41) is 0. The van der Waals surface area contributed by atoms with E-state index in [1.54, 1.807) is 0 Å². The van der Waals surface area contributed by atoms with Gasteiger partial charge in [0.25, 0.3) is 0 Å². The number of hydrogen-bond acceptors (Lipinski definition) is 6. The van der Waals surface area contributed by atoms with E-state index in [-0.39, 0.29) is 23.9 Å². The van der Waals surface area contributed by atoms with Crippen LogP contribution in [0.15, 0.2) is 10.7 Å². The lowest BCUT2D eigenvalue weighted by Gasteiger charge is -2.20. The van der Waals surface area contributed by atoms with Crippen molar-refractivity contribution in [3.63, 3.8) is 0 Å². The number of ether oxygens (including phenoxy) is 1. The molecule has 144 valence electrons. The van der Waals surface area contributed by atoms with Gasteiger partial charge in [0.05, 0.1) is 19.4 Å². The van der Waals surface area contributed by atoms with Crippen LogP contribution in [0.25, 0.3) is 0 Å². The Hall–Kier alpha value is -1.41. The number of hydrogen-bond donors (Lipinski definition) is 0. The second-order valence-corrected chi connectivity index (χ2v) is 8.12. The molecular weight excluding hydrogens is 344 g/mol. The summed E-state index contributed by atoms with van der Waals surface area (Å²) in [6, 6.07) is 0. The van der Waals surface area contributed by atoms with Crippen LogP contribution < -0.4 is 0 Å². The Morgan fingerprint density at radius 1 is 1.16 bits per heavy atom. The smallest absolute Gasteiger partial charge is 0.360 e. The third-order valence-corrected chi connectivity index (χ3v) is 5.78. The lowest BCUT2D eigenvalue weighted by molar-refractivity contribution is 0.0594. The minimum absolute atomic E-state index is 0.0308. The van der Waals surface area contributed by atoms with Crippen molar-refractivity contribution in [3.8, 4) is 0 Å². The molecule has 1 aromatic heterocycles. The second kappa shape index (κ2) is 11.3. The number of esters is 1. The van der Waals surface area contributed by atoms with Crippen molar-refractivity contribution < 1.29 is 22.4 Å². The highest BCUT2D eigenvalue weighted by Crippen LogP contribution is 2.14. The van der Waals surface area contributed by atoms with Crippen molar-refractivity contribution in [2.75, 3.05) is 19.4 Å². The van der Waals surface area contributed by atoms with E-state index in [9.17, 15) is 13.2 Å². The van der Waals surface area contributed by atoms with Gasteiger partial charge in [-0.05, 0) is 12.8 Å². The molecule has 0 saturated carbocycles. The number of carbonyl (C=O) groups excluding carboxylic acids is 1. The van der Waals surface area contributed by atoms with E-state index >= 15 is 0 Å². The van der Waals surface area contributed by atoms with Gasteiger partial charge in [0.2, 0.25) is 15.9 Å². The third kappa shape index (κ3) is 7.56. The molecule has 0 amide bonds. The molecule has 25 heavy (non-hydrogen) atoms. The molecule has 0 N–H and O–H groups in total. The van der Waals surface area contributed by atoms with Gasteiger partial charge < -0.3 is 9.15 Å². The number of oxazole rings is 1. The molecule has 0 fully saturated rings. The van der Waals surface area contributed by atoms with Crippen LogP contribution in [0.3, 0.4) is 0 Å². The fraction of sp³-hybridized carbons (Fsp3) is 0.765. The van der Waals surface area contributed by atoms with E-state index in [2.05, 4.69) is 16.6 Å². The quantitative estimate of drug-likeness (QED) is 0.388. The van der Waals surface area contributed by atoms with Crippen molar-refractivity contribution in [3.05, 3.63) is 17.8 Å². The maximum atomic E-state index is 12.6. The van der Waals surface area contributed by atoms with Crippen molar-refractivity contribution in [2.24, 2.45) is 0 Å². The zero-order valence-electron chi connectivity index (χ0n) is 15.5. The average molecular weight is 375 g/mol. The standard InChI is InChI=1S/C17H30N2O5S/c1-4-6-7-8-9-10-12-25(21,22)19(11-5-2)13-16-18-15(14-24-16)17(20)23-3/h14H,4-13H2,1-3H3. The van der Waals surface area contributed by atoms with Crippen LogP contribution in [0, 0.1) is 0 Å². The Labute approximate surface area is 150 Å². The summed E-state index contributed by atoms with van der Waals surface area (Å²) in [5.74, 6) is -0.281. The van der Waals surface area contributed by atoms with Gasteiger partial charge in [0.1, 0.15) is 6.26 Å². The van der Waals surface area contributed by atoms with Crippen molar-refractivity contribution >= 4 is 16.0 Å². The normalized spacial score (nSPS) is 11.8.